The van der Waals surface area contributed by atoms with Gasteiger partial charge in [-0.05, 0) is 63.7 Å². The van der Waals surface area contributed by atoms with Crippen LogP contribution in [0.25, 0.3) is 0 Å². The van der Waals surface area contributed by atoms with E-state index in [0.29, 0.717) is 34.7 Å². The second-order valence-electron chi connectivity index (χ2n) is 6.62. The Labute approximate surface area is 143 Å². The zero-order valence-corrected chi connectivity index (χ0v) is 15.0. The van der Waals surface area contributed by atoms with Crippen LogP contribution in [0.15, 0.2) is 18.2 Å². The quantitative estimate of drug-likeness (QED) is 0.821. The number of para-hydroxylation sites is 1. The van der Waals surface area contributed by atoms with E-state index >= 15 is 0 Å². The number of nitrogens with one attached hydrogen (secondary N) is 2. The molecule has 23 heavy (non-hydrogen) atoms. The van der Waals surface area contributed by atoms with Crippen molar-refractivity contribution in [3.63, 3.8) is 0 Å². The predicted octanol–water partition coefficient (Wildman–Crippen LogP) is 4.09. The molecule has 5 heteroatoms. The first-order valence-electron chi connectivity index (χ1n) is 8.43. The van der Waals surface area contributed by atoms with E-state index in [1.807, 2.05) is 26.0 Å². The Morgan fingerprint density at radius 3 is 2.87 bits per heavy atom. The number of rotatable bonds is 6. The lowest BCUT2D eigenvalue weighted by atomic mass is 9.85. The Bertz CT molecular complexity index is 528. The van der Waals surface area contributed by atoms with Crippen LogP contribution in [-0.2, 0) is 4.79 Å². The number of piperidine rings is 1. The van der Waals surface area contributed by atoms with Crippen LogP contribution in [0.5, 0.6) is 5.75 Å². The van der Waals surface area contributed by atoms with Crippen molar-refractivity contribution in [3.05, 3.63) is 23.2 Å². The molecule has 0 aliphatic carbocycles. The molecule has 1 aromatic rings. The van der Waals surface area contributed by atoms with Gasteiger partial charge < -0.3 is 15.4 Å². The lowest BCUT2D eigenvalue weighted by molar-refractivity contribution is -0.117. The third-order valence-electron chi connectivity index (χ3n) is 4.24. The average Bonchev–Trinajstić information content (AvgIpc) is 2.51. The van der Waals surface area contributed by atoms with Crippen molar-refractivity contribution in [2.75, 3.05) is 18.4 Å². The van der Waals surface area contributed by atoms with E-state index in [9.17, 15) is 4.79 Å². The monoisotopic (exact) mass is 338 g/mol. The molecule has 0 spiro atoms. The Hall–Kier alpha value is -1.26. The fourth-order valence-corrected chi connectivity index (χ4v) is 3.21. The highest BCUT2D eigenvalue weighted by molar-refractivity contribution is 6.32. The van der Waals surface area contributed by atoms with Crippen molar-refractivity contribution < 1.29 is 9.53 Å². The fraction of sp³-hybridized carbons (Fsp3) is 0.611. The molecule has 0 bridgehead atoms. The van der Waals surface area contributed by atoms with E-state index in [-0.39, 0.29) is 12.0 Å². The van der Waals surface area contributed by atoms with Gasteiger partial charge in [-0.2, -0.15) is 0 Å². The molecular weight excluding hydrogens is 312 g/mol. The number of ether oxygens (including phenoxy) is 1. The molecule has 1 aliphatic rings. The van der Waals surface area contributed by atoms with Crippen molar-refractivity contribution in [1.29, 1.82) is 0 Å². The van der Waals surface area contributed by atoms with E-state index < -0.39 is 0 Å². The summed E-state index contributed by atoms with van der Waals surface area (Å²) in [6.45, 7) is 8.13. The highest BCUT2D eigenvalue weighted by Crippen LogP contribution is 2.34. The molecule has 1 aliphatic heterocycles. The minimum atomic E-state index is -0.00205. The fourth-order valence-electron chi connectivity index (χ4n) is 2.99. The standard InChI is InChI=1S/C18H27ClN2O2/c1-12(2)23-18-15(19)7-4-8-16(18)21-17(22)10-13(3)14-6-5-9-20-11-14/h4,7-8,12-14,20H,5-6,9-11H2,1-3H3,(H,21,22). The summed E-state index contributed by atoms with van der Waals surface area (Å²) in [5.41, 5.74) is 0.644. The summed E-state index contributed by atoms with van der Waals surface area (Å²) in [5, 5.41) is 6.88. The van der Waals surface area contributed by atoms with Crippen LogP contribution >= 0.6 is 11.6 Å². The zero-order chi connectivity index (χ0) is 16.8. The van der Waals surface area contributed by atoms with Crippen molar-refractivity contribution in [2.45, 2.75) is 46.1 Å². The second kappa shape index (κ2) is 8.55. The maximum atomic E-state index is 12.4. The van der Waals surface area contributed by atoms with Crippen LogP contribution in [0.4, 0.5) is 5.69 Å². The molecule has 0 aromatic heterocycles. The molecule has 128 valence electrons. The van der Waals surface area contributed by atoms with Gasteiger partial charge >= 0.3 is 0 Å². The van der Waals surface area contributed by atoms with Gasteiger partial charge in [-0.3, -0.25) is 4.79 Å². The summed E-state index contributed by atoms with van der Waals surface area (Å²) in [7, 11) is 0. The summed E-state index contributed by atoms with van der Waals surface area (Å²) in [5.74, 6) is 1.49. The molecule has 2 atom stereocenters. The van der Waals surface area contributed by atoms with Crippen molar-refractivity contribution in [2.24, 2.45) is 11.8 Å². The first kappa shape index (κ1) is 18.1. The summed E-state index contributed by atoms with van der Waals surface area (Å²) in [4.78, 5) is 12.4. The number of anilines is 1. The minimum Gasteiger partial charge on any atom is -0.487 e. The Morgan fingerprint density at radius 2 is 2.22 bits per heavy atom. The van der Waals surface area contributed by atoms with Crippen molar-refractivity contribution in [1.82, 2.24) is 5.32 Å². The third-order valence-corrected chi connectivity index (χ3v) is 4.54. The van der Waals surface area contributed by atoms with Gasteiger partial charge in [0.15, 0.2) is 5.75 Å². The lowest BCUT2D eigenvalue weighted by Gasteiger charge is -2.28. The summed E-state index contributed by atoms with van der Waals surface area (Å²) >= 11 is 6.20. The summed E-state index contributed by atoms with van der Waals surface area (Å²) < 4.78 is 5.74. The van der Waals surface area contributed by atoms with Gasteiger partial charge in [0.25, 0.3) is 0 Å². The van der Waals surface area contributed by atoms with Crippen LogP contribution in [0, 0.1) is 11.8 Å². The van der Waals surface area contributed by atoms with Crippen molar-refractivity contribution in [3.8, 4) is 5.75 Å². The van der Waals surface area contributed by atoms with E-state index in [0.717, 1.165) is 13.1 Å². The molecule has 4 nitrogen and oxygen atoms in total. The number of hydrogen-bond acceptors (Lipinski definition) is 3. The van der Waals surface area contributed by atoms with Crippen LogP contribution in [0.3, 0.4) is 0 Å². The summed E-state index contributed by atoms with van der Waals surface area (Å²) in [6.07, 6.45) is 2.90. The van der Waals surface area contributed by atoms with Gasteiger partial charge in [0.1, 0.15) is 0 Å². The topological polar surface area (TPSA) is 50.4 Å². The van der Waals surface area contributed by atoms with E-state index in [2.05, 4.69) is 17.6 Å². The first-order valence-corrected chi connectivity index (χ1v) is 8.81. The average molecular weight is 339 g/mol. The number of carbonyl (C=O) groups excluding carboxylic acids is 1. The normalized spacial score (nSPS) is 19.4. The van der Waals surface area contributed by atoms with Crippen LogP contribution in [0.1, 0.15) is 40.0 Å². The first-order chi connectivity index (χ1) is 11.0. The van der Waals surface area contributed by atoms with Crippen molar-refractivity contribution >= 4 is 23.2 Å². The SMILES string of the molecule is CC(C)Oc1c(Cl)cccc1NC(=O)CC(C)C1CCCNC1. The van der Waals surface area contributed by atoms with Gasteiger partial charge in [0.2, 0.25) is 5.91 Å². The lowest BCUT2D eigenvalue weighted by Crippen LogP contribution is -2.34. The highest BCUT2D eigenvalue weighted by Gasteiger charge is 2.22. The highest BCUT2D eigenvalue weighted by atomic mass is 35.5. The van der Waals surface area contributed by atoms with Gasteiger partial charge in [0.05, 0.1) is 16.8 Å². The molecule has 2 rings (SSSR count). The molecule has 0 saturated carbocycles. The van der Waals surface area contributed by atoms with Gasteiger partial charge in [0, 0.05) is 6.42 Å². The largest absolute Gasteiger partial charge is 0.487 e. The molecule has 1 amide bonds. The third kappa shape index (κ3) is 5.40. The smallest absolute Gasteiger partial charge is 0.224 e. The molecule has 0 radical (unpaired) electrons. The van der Waals surface area contributed by atoms with Crippen LogP contribution in [-0.4, -0.2) is 25.1 Å². The van der Waals surface area contributed by atoms with E-state index in [1.54, 1.807) is 6.07 Å². The molecule has 2 unspecified atom stereocenters. The van der Waals surface area contributed by atoms with Crippen LogP contribution in [0.2, 0.25) is 5.02 Å². The minimum absolute atomic E-state index is 0.00205. The van der Waals surface area contributed by atoms with E-state index in [1.165, 1.54) is 12.8 Å². The molecule has 1 heterocycles. The predicted molar refractivity (Wildman–Crippen MR) is 95.2 cm³/mol. The zero-order valence-electron chi connectivity index (χ0n) is 14.2. The number of halogens is 1. The second-order valence-corrected chi connectivity index (χ2v) is 7.03. The Balaban J connectivity index is 1.98. The van der Waals surface area contributed by atoms with Gasteiger partial charge in [-0.1, -0.05) is 24.6 Å². The molecule has 2 N–H and O–H groups in total. The maximum Gasteiger partial charge on any atom is 0.224 e. The molecule has 1 fully saturated rings. The van der Waals surface area contributed by atoms with Gasteiger partial charge in [-0.25, -0.2) is 0 Å². The maximum absolute atomic E-state index is 12.4. The Morgan fingerprint density at radius 1 is 1.43 bits per heavy atom. The number of benzene rings is 1. The summed E-state index contributed by atoms with van der Waals surface area (Å²) in [6, 6.07) is 5.42. The number of amides is 1. The molecule has 1 aromatic carbocycles. The molecule has 1 saturated heterocycles. The van der Waals surface area contributed by atoms with Crippen LogP contribution < -0.4 is 15.4 Å². The number of carbonyl (C=O) groups is 1. The van der Waals surface area contributed by atoms with Gasteiger partial charge in [-0.15, -0.1) is 0 Å². The Kier molecular flexibility index (Phi) is 6.72. The number of hydrogen-bond donors (Lipinski definition) is 2. The molecular formula is C18H27ClN2O2. The van der Waals surface area contributed by atoms with E-state index in [4.69, 9.17) is 16.3 Å².